The highest BCUT2D eigenvalue weighted by Gasteiger charge is 2.26. The molecule has 0 aliphatic carbocycles. The minimum Gasteiger partial charge on any atom is -0.493 e. The summed E-state index contributed by atoms with van der Waals surface area (Å²) in [4.78, 5) is 15.9. The molecule has 0 bridgehead atoms. The van der Waals surface area contributed by atoms with Crippen molar-refractivity contribution in [2.24, 2.45) is 0 Å². The van der Waals surface area contributed by atoms with Crippen molar-refractivity contribution < 1.29 is 27.1 Å². The third-order valence-electron chi connectivity index (χ3n) is 8.31. The van der Waals surface area contributed by atoms with Gasteiger partial charge in [-0.25, -0.2) is 8.42 Å². The molecule has 6 rings (SSSR count). The summed E-state index contributed by atoms with van der Waals surface area (Å²) in [7, 11) is -1.44. The first-order valence-corrected chi connectivity index (χ1v) is 16.9. The Kier molecular flexibility index (Phi) is 8.88. The molecule has 2 aliphatic rings. The summed E-state index contributed by atoms with van der Waals surface area (Å²) < 4.78 is 43.7. The van der Waals surface area contributed by atoms with E-state index in [4.69, 9.17) is 13.9 Å². The molecule has 44 heavy (non-hydrogen) atoms. The summed E-state index contributed by atoms with van der Waals surface area (Å²) in [6, 6.07) is 21.1. The maximum absolute atomic E-state index is 13.4. The van der Waals surface area contributed by atoms with E-state index in [0.717, 1.165) is 61.3 Å². The van der Waals surface area contributed by atoms with Crippen LogP contribution in [0, 0.1) is 0 Å². The molecular weight excluding hydrogens is 576 g/mol. The van der Waals surface area contributed by atoms with Gasteiger partial charge >= 0.3 is 0 Å². The van der Waals surface area contributed by atoms with Gasteiger partial charge < -0.3 is 19.2 Å². The van der Waals surface area contributed by atoms with Gasteiger partial charge in [0, 0.05) is 54.1 Å². The Balaban J connectivity index is 1.20. The van der Waals surface area contributed by atoms with Gasteiger partial charge in [-0.15, -0.1) is 0 Å². The Morgan fingerprint density at radius 1 is 1.02 bits per heavy atom. The van der Waals surface area contributed by atoms with Crippen molar-refractivity contribution >= 4 is 38.5 Å². The van der Waals surface area contributed by atoms with E-state index in [2.05, 4.69) is 24.2 Å². The van der Waals surface area contributed by atoms with Gasteiger partial charge in [0.2, 0.25) is 0 Å². The highest BCUT2D eigenvalue weighted by Crippen LogP contribution is 2.34. The molecule has 1 amide bonds. The van der Waals surface area contributed by atoms with Gasteiger partial charge in [-0.3, -0.25) is 9.69 Å². The lowest BCUT2D eigenvalue weighted by atomic mass is 10.0. The van der Waals surface area contributed by atoms with Gasteiger partial charge in [0.15, 0.2) is 9.84 Å². The Morgan fingerprint density at radius 3 is 2.59 bits per heavy atom. The number of nitrogens with zero attached hydrogens (tertiary/aromatic N) is 1. The predicted octanol–water partition coefficient (Wildman–Crippen LogP) is 6.70. The number of anilines is 1. The molecule has 0 unspecified atom stereocenters. The quantitative estimate of drug-likeness (QED) is 0.224. The third kappa shape index (κ3) is 6.75. The van der Waals surface area contributed by atoms with Crippen molar-refractivity contribution in [3.05, 3.63) is 83.4 Å². The normalized spacial score (nSPS) is 16.8. The van der Waals surface area contributed by atoms with Crippen molar-refractivity contribution in [1.29, 1.82) is 0 Å². The van der Waals surface area contributed by atoms with E-state index in [1.807, 2.05) is 48.5 Å². The predicted molar refractivity (Wildman–Crippen MR) is 172 cm³/mol. The van der Waals surface area contributed by atoms with Crippen LogP contribution in [0.3, 0.4) is 0 Å². The molecule has 1 N–H and O–H groups in total. The van der Waals surface area contributed by atoms with Crippen LogP contribution in [-0.2, 0) is 25.9 Å². The van der Waals surface area contributed by atoms with Crippen molar-refractivity contribution in [3.8, 4) is 17.1 Å². The molecular formula is C35H38N2O6S. The lowest BCUT2D eigenvalue weighted by molar-refractivity contribution is -0.112. The van der Waals surface area contributed by atoms with Gasteiger partial charge in [0.1, 0.15) is 17.1 Å². The van der Waals surface area contributed by atoms with Crippen molar-refractivity contribution in [3.63, 3.8) is 0 Å². The Morgan fingerprint density at radius 2 is 1.82 bits per heavy atom. The fourth-order valence-corrected chi connectivity index (χ4v) is 7.26. The first-order valence-electron chi connectivity index (χ1n) is 15.2. The first-order chi connectivity index (χ1) is 21.3. The second-order valence-corrected chi connectivity index (χ2v) is 13.6. The van der Waals surface area contributed by atoms with Crippen LogP contribution in [0.25, 0.3) is 28.4 Å². The molecule has 2 aliphatic heterocycles. The fourth-order valence-electron chi connectivity index (χ4n) is 5.80. The summed E-state index contributed by atoms with van der Waals surface area (Å²) in [6.45, 7) is 5.11. The van der Waals surface area contributed by atoms with E-state index >= 15 is 0 Å². The topological polar surface area (TPSA) is 98.1 Å². The maximum atomic E-state index is 13.4. The van der Waals surface area contributed by atoms with Gasteiger partial charge in [0.05, 0.1) is 17.3 Å². The van der Waals surface area contributed by atoms with Gasteiger partial charge in [-0.2, -0.15) is 0 Å². The first kappa shape index (κ1) is 30.1. The van der Waals surface area contributed by atoms with Gasteiger partial charge in [-0.1, -0.05) is 19.1 Å². The van der Waals surface area contributed by atoms with E-state index < -0.39 is 9.84 Å². The number of carbonyl (C=O) groups excluding carboxylic acids is 1. The Hall–Kier alpha value is -3.92. The molecule has 9 heteroatoms. The van der Waals surface area contributed by atoms with E-state index in [1.54, 1.807) is 24.3 Å². The number of sulfone groups is 1. The second kappa shape index (κ2) is 13.0. The number of nitrogens with one attached hydrogen (secondary N) is 1. The average molecular weight is 615 g/mol. The molecule has 3 aromatic carbocycles. The van der Waals surface area contributed by atoms with Gasteiger partial charge in [-0.05, 0) is 98.5 Å². The summed E-state index contributed by atoms with van der Waals surface area (Å²) in [5.74, 6) is 0.901. The van der Waals surface area contributed by atoms with Crippen molar-refractivity contribution in [2.45, 2.75) is 50.1 Å². The highest BCUT2D eigenvalue weighted by atomic mass is 32.2. The number of hydrogen-bond donors (Lipinski definition) is 1. The molecule has 1 fully saturated rings. The molecule has 4 aromatic rings. The van der Waals surface area contributed by atoms with Gasteiger partial charge in [0.25, 0.3) is 5.91 Å². The number of hydrogen-bond acceptors (Lipinski definition) is 7. The highest BCUT2D eigenvalue weighted by molar-refractivity contribution is 7.91. The van der Waals surface area contributed by atoms with Crippen LogP contribution >= 0.6 is 0 Å². The summed E-state index contributed by atoms with van der Waals surface area (Å²) >= 11 is 0. The van der Waals surface area contributed by atoms with E-state index in [1.165, 1.54) is 0 Å². The van der Waals surface area contributed by atoms with Crippen molar-refractivity contribution in [2.75, 3.05) is 37.9 Å². The standard InChI is InChI=1S/C35H38N2O6S/c1-3-15-42-31-10-6-26-21-32(43-33(26)22-31)25-7-11-34-28(19-25)20-27(14-18-44(34,39)40)35(38)36-29-8-4-24(5-9-29)23-37(2)30-12-16-41-17-13-30/h4-11,19-22,30H,3,12-18,23H2,1-2H3,(H,36,38). The number of benzene rings is 3. The van der Waals surface area contributed by atoms with Crippen LogP contribution in [0.1, 0.15) is 43.7 Å². The van der Waals surface area contributed by atoms with Crippen molar-refractivity contribution in [1.82, 2.24) is 4.90 Å². The van der Waals surface area contributed by atoms with Crippen LogP contribution in [0.4, 0.5) is 5.69 Å². The number of ether oxygens (including phenoxy) is 2. The third-order valence-corrected chi connectivity index (χ3v) is 10.1. The van der Waals surface area contributed by atoms with E-state index in [9.17, 15) is 13.2 Å². The average Bonchev–Trinajstić information content (AvgIpc) is 3.41. The Labute approximate surface area is 258 Å². The Bertz CT molecular complexity index is 1790. The second-order valence-electron chi connectivity index (χ2n) is 11.6. The van der Waals surface area contributed by atoms with Crippen LogP contribution < -0.4 is 10.1 Å². The zero-order valence-corrected chi connectivity index (χ0v) is 26.0. The molecule has 1 aromatic heterocycles. The van der Waals surface area contributed by atoms with Crippen LogP contribution in [0.15, 0.2) is 81.6 Å². The molecule has 8 nitrogen and oxygen atoms in total. The fraction of sp³-hybridized carbons (Fsp3) is 0.343. The van der Waals surface area contributed by atoms with Crippen LogP contribution in [0.5, 0.6) is 5.75 Å². The largest absolute Gasteiger partial charge is 0.493 e. The molecule has 0 saturated carbocycles. The lowest BCUT2D eigenvalue weighted by Gasteiger charge is -2.31. The lowest BCUT2D eigenvalue weighted by Crippen LogP contribution is -2.36. The number of amides is 1. The molecule has 3 heterocycles. The zero-order valence-electron chi connectivity index (χ0n) is 25.2. The maximum Gasteiger partial charge on any atom is 0.251 e. The zero-order chi connectivity index (χ0) is 30.7. The summed E-state index contributed by atoms with van der Waals surface area (Å²) in [5, 5.41) is 3.88. The minimum atomic E-state index is -3.57. The molecule has 230 valence electrons. The van der Waals surface area contributed by atoms with Crippen LogP contribution in [0.2, 0.25) is 0 Å². The van der Waals surface area contributed by atoms with Crippen LogP contribution in [-0.4, -0.2) is 57.9 Å². The number of carbonyl (C=O) groups is 1. The van der Waals surface area contributed by atoms with E-state index in [-0.39, 0.29) is 23.0 Å². The summed E-state index contributed by atoms with van der Waals surface area (Å²) in [5.41, 5.74) is 4.13. The summed E-state index contributed by atoms with van der Waals surface area (Å²) in [6.07, 6.45) is 4.79. The number of fused-ring (bicyclic) bond motifs is 2. The molecule has 0 atom stereocenters. The minimum absolute atomic E-state index is 0.122. The molecule has 0 radical (unpaired) electrons. The molecule has 1 saturated heterocycles. The number of rotatable bonds is 9. The molecule has 0 spiro atoms. The van der Waals surface area contributed by atoms with E-state index in [0.29, 0.717) is 40.8 Å². The number of furan rings is 1. The monoisotopic (exact) mass is 614 g/mol. The SMILES string of the molecule is CCCOc1ccc2cc(-c3ccc4c(c3)C=C(C(=O)Nc3ccc(CN(C)C5CCOCC5)cc3)CCS4(=O)=O)oc2c1. The smallest absolute Gasteiger partial charge is 0.251 e.